The second kappa shape index (κ2) is 3.66. The molecule has 1 saturated carbocycles. The van der Waals surface area contributed by atoms with E-state index in [1.54, 1.807) is 6.42 Å². The molecule has 1 fully saturated rings. The molecule has 1 aliphatic rings. The molecule has 0 saturated heterocycles. The van der Waals surface area contributed by atoms with Crippen LogP contribution in [0.2, 0.25) is 0 Å². The second-order valence-electron chi connectivity index (χ2n) is 4.28. The Morgan fingerprint density at radius 2 is 2.00 bits per heavy atom. The maximum atomic E-state index is 11.0. The number of nitrogens with two attached hydrogens (primary N) is 1. The van der Waals surface area contributed by atoms with E-state index in [4.69, 9.17) is 5.73 Å². The van der Waals surface area contributed by atoms with Gasteiger partial charge in [0.05, 0.1) is 39.5 Å². The summed E-state index contributed by atoms with van der Waals surface area (Å²) in [4.78, 5) is 11.0. The number of amides is 1. The number of hydrogen-bond donors (Lipinski definition) is 1. The molecule has 0 bridgehead atoms. The molecule has 5 radical (unpaired) electrons. The largest absolute Gasteiger partial charge is 0.369 e. The van der Waals surface area contributed by atoms with Crippen LogP contribution in [0.4, 0.5) is 0 Å². The van der Waals surface area contributed by atoms with Gasteiger partial charge in [-0.2, -0.15) is 0 Å². The van der Waals surface area contributed by atoms with Crippen LogP contribution in [0.15, 0.2) is 0 Å². The van der Waals surface area contributed by atoms with Crippen molar-refractivity contribution in [2.75, 3.05) is 27.7 Å². The smallest absolute Gasteiger partial charge is 0.225 e. The van der Waals surface area contributed by atoms with Gasteiger partial charge in [-0.05, 0) is 19.3 Å². The molecule has 0 unspecified atom stereocenters. The van der Waals surface area contributed by atoms with Crippen LogP contribution in [0.1, 0.15) is 0 Å². The first-order valence-corrected chi connectivity index (χ1v) is 4.25. The van der Waals surface area contributed by atoms with E-state index in [0.717, 1.165) is 16.9 Å². The third-order valence-corrected chi connectivity index (χ3v) is 1.82. The normalized spacial score (nSPS) is 20.8. The molecule has 0 aromatic heterocycles. The highest BCUT2D eigenvalue weighted by Gasteiger charge is 2.36. The molecule has 2 N–H and O–H groups in total. The number of rotatable bonds is 3. The minimum atomic E-state index is -0.339. The van der Waals surface area contributed by atoms with Gasteiger partial charge in [0.2, 0.25) is 5.91 Å². The van der Waals surface area contributed by atoms with E-state index >= 15 is 0 Å². The van der Waals surface area contributed by atoms with E-state index in [9.17, 15) is 4.79 Å². The van der Waals surface area contributed by atoms with Crippen molar-refractivity contribution in [2.24, 2.45) is 5.73 Å². The summed E-state index contributed by atoms with van der Waals surface area (Å²) in [6.07, 6.45) is 5.59. The van der Waals surface area contributed by atoms with E-state index < -0.39 is 0 Å². The van der Waals surface area contributed by atoms with Gasteiger partial charge in [-0.25, -0.2) is 0 Å². The highest BCUT2D eigenvalue weighted by molar-refractivity contribution is 5.96. The topological polar surface area (TPSA) is 43.1 Å². The summed E-state index contributed by atoms with van der Waals surface area (Å²) in [5.74, 6) is 1.33. The maximum absolute atomic E-state index is 11.0. The number of carbonyl (C=O) groups excluding carboxylic acids is 1. The van der Waals surface area contributed by atoms with E-state index in [-0.39, 0.29) is 5.91 Å². The van der Waals surface area contributed by atoms with Crippen molar-refractivity contribution in [3.8, 4) is 0 Å². The summed E-state index contributed by atoms with van der Waals surface area (Å²) < 4.78 is 0.796. The highest BCUT2D eigenvalue weighted by Crippen LogP contribution is 2.33. The first-order chi connectivity index (χ1) is 5.90. The summed E-state index contributed by atoms with van der Waals surface area (Å²) in [5, 5.41) is 0. The van der Waals surface area contributed by atoms with Crippen molar-refractivity contribution >= 4 is 5.91 Å². The molecule has 3 nitrogen and oxygen atoms in total. The lowest BCUT2D eigenvalue weighted by Gasteiger charge is -2.28. The molecular formula is C10H16N2O+. The van der Waals surface area contributed by atoms with Crippen LogP contribution in [-0.2, 0) is 4.79 Å². The Hall–Kier alpha value is -0.570. The van der Waals surface area contributed by atoms with Crippen LogP contribution in [0.5, 0.6) is 0 Å². The quantitative estimate of drug-likeness (QED) is 0.608. The van der Waals surface area contributed by atoms with Crippen LogP contribution in [0, 0.1) is 31.1 Å². The first kappa shape index (κ1) is 10.5. The number of quaternary nitrogens is 1. The van der Waals surface area contributed by atoms with Crippen LogP contribution in [0.3, 0.4) is 0 Å². The van der Waals surface area contributed by atoms with Gasteiger partial charge in [0.15, 0.2) is 0 Å². The Morgan fingerprint density at radius 3 is 2.46 bits per heavy atom. The fourth-order valence-electron chi connectivity index (χ4n) is 1.35. The van der Waals surface area contributed by atoms with Crippen molar-refractivity contribution in [3.63, 3.8) is 0 Å². The third kappa shape index (κ3) is 2.99. The molecule has 0 spiro atoms. The summed E-state index contributed by atoms with van der Waals surface area (Å²) in [7, 11) is 6.24. The Labute approximate surface area is 80.5 Å². The zero-order chi connectivity index (χ0) is 10.1. The lowest BCUT2D eigenvalue weighted by Crippen LogP contribution is -2.40. The zero-order valence-corrected chi connectivity index (χ0v) is 8.37. The molecule has 1 amide bonds. The fourth-order valence-corrected chi connectivity index (χ4v) is 1.35. The monoisotopic (exact) mass is 180 g/mol. The van der Waals surface area contributed by atoms with Crippen molar-refractivity contribution < 1.29 is 9.28 Å². The summed E-state index contributed by atoms with van der Waals surface area (Å²) in [6.45, 7) is 0.825. The number of nitrogens with zero attached hydrogens (tertiary/aromatic N) is 1. The maximum Gasteiger partial charge on any atom is 0.225 e. The lowest BCUT2D eigenvalue weighted by molar-refractivity contribution is -0.867. The van der Waals surface area contributed by atoms with Gasteiger partial charge >= 0.3 is 0 Å². The Bertz CT molecular complexity index is 196. The predicted octanol–water partition coefficient (Wildman–Crippen LogP) is -0.0466. The van der Waals surface area contributed by atoms with E-state index in [0.29, 0.717) is 5.92 Å². The summed E-state index contributed by atoms with van der Waals surface area (Å²) in [5.41, 5.74) is 5.23. The van der Waals surface area contributed by atoms with Crippen molar-refractivity contribution in [2.45, 2.75) is 0 Å². The van der Waals surface area contributed by atoms with E-state index in [1.165, 1.54) is 0 Å². The van der Waals surface area contributed by atoms with Gasteiger partial charge in [-0.15, -0.1) is 0 Å². The lowest BCUT2D eigenvalue weighted by atomic mass is 9.94. The minimum absolute atomic E-state index is 0.339. The highest BCUT2D eigenvalue weighted by atomic mass is 16.1. The first-order valence-electron chi connectivity index (χ1n) is 4.25. The van der Waals surface area contributed by atoms with Gasteiger partial charge < -0.3 is 10.2 Å². The predicted molar refractivity (Wildman–Crippen MR) is 51.5 cm³/mol. The molecule has 13 heavy (non-hydrogen) atoms. The van der Waals surface area contributed by atoms with E-state index in [1.807, 2.05) is 12.8 Å². The van der Waals surface area contributed by atoms with Crippen LogP contribution < -0.4 is 5.73 Å². The SMILES string of the molecule is C[N+](C)(C)C[C]1[CH][CH][CH][C]1C(N)=O. The van der Waals surface area contributed by atoms with Gasteiger partial charge in [0, 0.05) is 0 Å². The minimum Gasteiger partial charge on any atom is -0.369 e. The zero-order valence-electron chi connectivity index (χ0n) is 8.37. The van der Waals surface area contributed by atoms with Crippen molar-refractivity contribution in [1.29, 1.82) is 0 Å². The Morgan fingerprint density at radius 1 is 1.38 bits per heavy atom. The molecule has 0 heterocycles. The average molecular weight is 180 g/mol. The van der Waals surface area contributed by atoms with Crippen LogP contribution in [0.25, 0.3) is 0 Å². The number of primary amides is 1. The molecular weight excluding hydrogens is 164 g/mol. The van der Waals surface area contributed by atoms with Crippen LogP contribution >= 0.6 is 0 Å². The van der Waals surface area contributed by atoms with E-state index in [2.05, 4.69) is 21.1 Å². The van der Waals surface area contributed by atoms with Gasteiger partial charge in [-0.3, -0.25) is 4.79 Å². The standard InChI is InChI=1S/C10H15N2O/c1-12(2,3)7-8-5-4-6-9(8)10(11)13/h4-6H,7H2,1-3H3,(H-,11,13)/p+1. The average Bonchev–Trinajstić information content (AvgIpc) is 2.31. The van der Waals surface area contributed by atoms with Gasteiger partial charge in [-0.1, -0.05) is 0 Å². The second-order valence-corrected chi connectivity index (χ2v) is 4.28. The van der Waals surface area contributed by atoms with Gasteiger partial charge in [0.25, 0.3) is 0 Å². The fraction of sp³-hybridized carbons (Fsp3) is 0.400. The molecule has 1 rings (SSSR count). The molecule has 3 heteroatoms. The Kier molecular flexibility index (Phi) is 2.96. The van der Waals surface area contributed by atoms with Crippen molar-refractivity contribution in [1.82, 2.24) is 0 Å². The summed E-state index contributed by atoms with van der Waals surface area (Å²) >= 11 is 0. The molecule has 0 aromatic rings. The molecule has 0 aromatic carbocycles. The Balaban J connectivity index is 2.54. The van der Waals surface area contributed by atoms with Crippen molar-refractivity contribution in [3.05, 3.63) is 31.1 Å². The molecule has 0 atom stereocenters. The third-order valence-electron chi connectivity index (χ3n) is 1.82. The molecule has 1 aliphatic carbocycles. The molecule has 71 valence electrons. The summed E-state index contributed by atoms with van der Waals surface area (Å²) in [6, 6.07) is 0. The van der Waals surface area contributed by atoms with Crippen LogP contribution in [-0.4, -0.2) is 38.1 Å². The number of carbonyl (C=O) groups is 1. The number of hydrogen-bond acceptors (Lipinski definition) is 1. The van der Waals surface area contributed by atoms with Gasteiger partial charge in [0.1, 0.15) is 0 Å². The molecule has 0 aliphatic heterocycles.